The van der Waals surface area contributed by atoms with Gasteiger partial charge in [-0.05, 0) is 25.0 Å². The van der Waals surface area contributed by atoms with E-state index in [1.54, 1.807) is 0 Å². The summed E-state index contributed by atoms with van der Waals surface area (Å²) in [6.45, 7) is 4.84. The van der Waals surface area contributed by atoms with E-state index in [9.17, 15) is 4.79 Å². The first kappa shape index (κ1) is 15.5. The number of carbonyl (C=O) groups is 1. The molecule has 0 saturated heterocycles. The molecule has 0 spiro atoms. The van der Waals surface area contributed by atoms with Crippen molar-refractivity contribution in [1.29, 1.82) is 0 Å². The molecule has 0 aromatic carbocycles. The number of aromatic nitrogens is 3. The Hall–Kier alpha value is -1.91. The second-order valence-corrected chi connectivity index (χ2v) is 5.33. The molecule has 0 radical (unpaired) electrons. The number of carbonyl (C=O) groups excluding carboxylic acids is 1. The minimum atomic E-state index is 0.139. The van der Waals surface area contributed by atoms with Gasteiger partial charge in [-0.15, -0.1) is 10.2 Å². The number of hydrogen-bond donors (Lipinski definition) is 1. The largest absolute Gasteiger partial charge is 0.355 e. The molecule has 0 saturated carbocycles. The monoisotopic (exact) mass is 288 g/mol. The molecule has 2 heterocycles. The molecule has 0 fully saturated rings. The average Bonchev–Trinajstić information content (AvgIpc) is 2.91. The number of fused-ring (bicyclic) bond motifs is 1. The number of nitrogens with zero attached hydrogens (tertiary/aromatic N) is 3. The molecule has 0 aliphatic carbocycles. The van der Waals surface area contributed by atoms with Gasteiger partial charge >= 0.3 is 0 Å². The van der Waals surface area contributed by atoms with Gasteiger partial charge in [-0.3, -0.25) is 9.20 Å². The van der Waals surface area contributed by atoms with Crippen molar-refractivity contribution < 1.29 is 4.79 Å². The first-order valence-corrected chi connectivity index (χ1v) is 7.82. The zero-order chi connectivity index (χ0) is 15.1. The van der Waals surface area contributed by atoms with Gasteiger partial charge in [0.1, 0.15) is 5.82 Å². The molecule has 114 valence electrons. The van der Waals surface area contributed by atoms with Crippen molar-refractivity contribution in [1.82, 2.24) is 19.9 Å². The number of rotatable bonds is 8. The lowest BCUT2D eigenvalue weighted by Gasteiger charge is -2.14. The Morgan fingerprint density at radius 3 is 2.95 bits per heavy atom. The third-order valence-electron chi connectivity index (χ3n) is 3.80. The Bertz CT molecular complexity index is 578. The minimum Gasteiger partial charge on any atom is -0.355 e. The Labute approximate surface area is 125 Å². The van der Waals surface area contributed by atoms with Crippen LogP contribution in [0, 0.1) is 5.92 Å². The zero-order valence-corrected chi connectivity index (χ0v) is 12.9. The summed E-state index contributed by atoms with van der Waals surface area (Å²) in [5, 5.41) is 11.3. The smallest absolute Gasteiger partial charge is 0.223 e. The first-order chi connectivity index (χ1) is 10.3. The fourth-order valence-corrected chi connectivity index (χ4v) is 2.47. The third-order valence-corrected chi connectivity index (χ3v) is 3.80. The van der Waals surface area contributed by atoms with Crippen LogP contribution in [0.3, 0.4) is 0 Å². The van der Waals surface area contributed by atoms with Crippen molar-refractivity contribution in [2.45, 2.75) is 46.0 Å². The van der Waals surface area contributed by atoms with E-state index >= 15 is 0 Å². The maximum absolute atomic E-state index is 12.1. The summed E-state index contributed by atoms with van der Waals surface area (Å²) in [5.74, 6) is 1.19. The highest BCUT2D eigenvalue weighted by molar-refractivity contribution is 5.78. The summed E-state index contributed by atoms with van der Waals surface area (Å²) in [6, 6.07) is 5.82. The van der Waals surface area contributed by atoms with E-state index in [-0.39, 0.29) is 11.8 Å². The van der Waals surface area contributed by atoms with E-state index < -0.39 is 0 Å². The summed E-state index contributed by atoms with van der Waals surface area (Å²) in [4.78, 5) is 12.1. The van der Waals surface area contributed by atoms with Crippen LogP contribution in [0.25, 0.3) is 5.65 Å². The Balaban J connectivity index is 1.84. The van der Waals surface area contributed by atoms with Gasteiger partial charge < -0.3 is 5.32 Å². The second kappa shape index (κ2) is 7.76. The lowest BCUT2D eigenvalue weighted by Crippen LogP contribution is -2.32. The Morgan fingerprint density at radius 2 is 2.19 bits per heavy atom. The molecule has 2 aromatic rings. The average molecular weight is 288 g/mol. The quantitative estimate of drug-likeness (QED) is 0.812. The second-order valence-electron chi connectivity index (χ2n) is 5.33. The number of hydrogen-bond acceptors (Lipinski definition) is 3. The van der Waals surface area contributed by atoms with E-state index in [0.29, 0.717) is 13.0 Å². The van der Waals surface area contributed by atoms with E-state index in [4.69, 9.17) is 0 Å². The van der Waals surface area contributed by atoms with Crippen molar-refractivity contribution in [2.24, 2.45) is 5.92 Å². The van der Waals surface area contributed by atoms with Gasteiger partial charge in [-0.25, -0.2) is 0 Å². The summed E-state index contributed by atoms with van der Waals surface area (Å²) in [7, 11) is 0. The molecule has 2 aromatic heterocycles. The molecule has 1 N–H and O–H groups in total. The number of amides is 1. The van der Waals surface area contributed by atoms with Crippen LogP contribution in [0.4, 0.5) is 0 Å². The first-order valence-electron chi connectivity index (χ1n) is 7.82. The molecule has 2 rings (SSSR count). The highest BCUT2D eigenvalue weighted by Gasteiger charge is 2.15. The molecule has 5 heteroatoms. The van der Waals surface area contributed by atoms with Gasteiger partial charge in [0.25, 0.3) is 0 Å². The minimum absolute atomic E-state index is 0.139. The normalized spacial score (nSPS) is 12.5. The van der Waals surface area contributed by atoms with Crippen molar-refractivity contribution in [3.63, 3.8) is 0 Å². The van der Waals surface area contributed by atoms with Gasteiger partial charge in [0, 0.05) is 25.1 Å². The summed E-state index contributed by atoms with van der Waals surface area (Å²) < 4.78 is 1.96. The zero-order valence-electron chi connectivity index (χ0n) is 12.9. The van der Waals surface area contributed by atoms with Gasteiger partial charge in [-0.1, -0.05) is 32.8 Å². The van der Waals surface area contributed by atoms with Gasteiger partial charge in [0.15, 0.2) is 5.65 Å². The topological polar surface area (TPSA) is 59.3 Å². The van der Waals surface area contributed by atoms with Crippen molar-refractivity contribution in [2.75, 3.05) is 6.54 Å². The molecule has 0 bridgehead atoms. The van der Waals surface area contributed by atoms with E-state index in [0.717, 1.165) is 37.2 Å². The SMILES string of the molecule is CCCCC(CC)C(=O)NCCc1nnc2ccccn12. The molecule has 1 amide bonds. The Kier molecular flexibility index (Phi) is 5.72. The van der Waals surface area contributed by atoms with E-state index in [1.165, 1.54) is 0 Å². The van der Waals surface area contributed by atoms with Crippen molar-refractivity contribution >= 4 is 11.6 Å². The lowest BCUT2D eigenvalue weighted by atomic mass is 9.98. The standard InChI is InChI=1S/C16H24N4O/c1-3-5-8-13(4-2)16(21)17-11-10-15-19-18-14-9-6-7-12-20(14)15/h6-7,9,12-13H,3-5,8,10-11H2,1-2H3,(H,17,21). The fraction of sp³-hybridized carbons (Fsp3) is 0.562. The summed E-state index contributed by atoms with van der Waals surface area (Å²) >= 11 is 0. The van der Waals surface area contributed by atoms with Gasteiger partial charge in [0.2, 0.25) is 5.91 Å². The molecule has 1 atom stereocenters. The van der Waals surface area contributed by atoms with Gasteiger partial charge in [0.05, 0.1) is 0 Å². The lowest BCUT2D eigenvalue weighted by molar-refractivity contribution is -0.125. The molecule has 0 aliphatic rings. The summed E-state index contributed by atoms with van der Waals surface area (Å²) in [5.41, 5.74) is 0.841. The maximum Gasteiger partial charge on any atom is 0.223 e. The van der Waals surface area contributed by atoms with Crippen LogP contribution in [0.2, 0.25) is 0 Å². The fourth-order valence-electron chi connectivity index (χ4n) is 2.47. The third kappa shape index (κ3) is 4.03. The highest BCUT2D eigenvalue weighted by Crippen LogP contribution is 2.12. The predicted molar refractivity (Wildman–Crippen MR) is 83.0 cm³/mol. The molecular weight excluding hydrogens is 264 g/mol. The van der Waals surface area contributed by atoms with Crippen LogP contribution < -0.4 is 5.32 Å². The molecule has 0 aliphatic heterocycles. The van der Waals surface area contributed by atoms with Crippen LogP contribution in [0.1, 0.15) is 45.4 Å². The van der Waals surface area contributed by atoms with E-state index in [2.05, 4.69) is 29.4 Å². The molecule has 1 unspecified atom stereocenters. The van der Waals surface area contributed by atoms with E-state index in [1.807, 2.05) is 28.8 Å². The van der Waals surface area contributed by atoms with Gasteiger partial charge in [-0.2, -0.15) is 0 Å². The summed E-state index contributed by atoms with van der Waals surface area (Å²) in [6.07, 6.45) is 6.77. The number of pyridine rings is 1. The maximum atomic E-state index is 12.1. The number of unbranched alkanes of at least 4 members (excludes halogenated alkanes) is 1. The van der Waals surface area contributed by atoms with Crippen LogP contribution in [0.5, 0.6) is 0 Å². The van der Waals surface area contributed by atoms with Crippen LogP contribution >= 0.6 is 0 Å². The number of nitrogens with one attached hydrogen (secondary N) is 1. The van der Waals surface area contributed by atoms with Crippen molar-refractivity contribution in [3.05, 3.63) is 30.2 Å². The van der Waals surface area contributed by atoms with Crippen molar-refractivity contribution in [3.8, 4) is 0 Å². The molecule has 5 nitrogen and oxygen atoms in total. The highest BCUT2D eigenvalue weighted by atomic mass is 16.1. The van der Waals surface area contributed by atoms with Crippen LogP contribution in [0.15, 0.2) is 24.4 Å². The Morgan fingerprint density at radius 1 is 1.33 bits per heavy atom. The van der Waals surface area contributed by atoms with Crippen LogP contribution in [-0.2, 0) is 11.2 Å². The molecule has 21 heavy (non-hydrogen) atoms. The predicted octanol–water partition coefficient (Wildman–Crippen LogP) is 2.60. The van der Waals surface area contributed by atoms with Crippen LogP contribution in [-0.4, -0.2) is 27.0 Å². The molecular formula is C16H24N4O.